The lowest BCUT2D eigenvalue weighted by Gasteiger charge is -2.17. The van der Waals surface area contributed by atoms with E-state index in [-0.39, 0.29) is 6.04 Å². The third-order valence-electron chi connectivity index (χ3n) is 4.02. The highest BCUT2D eigenvalue weighted by atomic mass is 15.1. The zero-order valence-electron chi connectivity index (χ0n) is 15.6. The molecule has 0 aliphatic heterocycles. The Balaban J connectivity index is 2.37. The summed E-state index contributed by atoms with van der Waals surface area (Å²) in [6.07, 6.45) is 1.37. The lowest BCUT2D eigenvalue weighted by Crippen LogP contribution is -2.24. The maximum Gasteiger partial charge on any atom is 0.135 e. The summed E-state index contributed by atoms with van der Waals surface area (Å²) >= 11 is 0. The van der Waals surface area contributed by atoms with Crippen LogP contribution >= 0.6 is 0 Å². The fraction of sp³-hybridized carbons (Fsp3) is 0.400. The molecule has 0 saturated carbocycles. The van der Waals surface area contributed by atoms with Gasteiger partial charge in [0.25, 0.3) is 0 Å². The van der Waals surface area contributed by atoms with Gasteiger partial charge in [0.2, 0.25) is 0 Å². The third kappa shape index (κ3) is 5.11. The molecule has 2 aromatic rings. The van der Waals surface area contributed by atoms with Gasteiger partial charge in [0, 0.05) is 43.0 Å². The van der Waals surface area contributed by atoms with Gasteiger partial charge in [-0.3, -0.25) is 0 Å². The van der Waals surface area contributed by atoms with Gasteiger partial charge in [0.05, 0.1) is 5.69 Å². The van der Waals surface area contributed by atoms with Crippen molar-refractivity contribution in [3.8, 4) is 11.3 Å². The molecule has 0 bridgehead atoms. The van der Waals surface area contributed by atoms with Gasteiger partial charge >= 0.3 is 0 Å². The molecule has 0 atom stereocenters. The Morgan fingerprint density at radius 1 is 1.32 bits per heavy atom. The molecule has 1 heterocycles. The average Bonchev–Trinajstić information content (AvgIpc) is 2.54. The van der Waals surface area contributed by atoms with Crippen LogP contribution in [0.3, 0.4) is 0 Å². The Labute approximate surface area is 150 Å². The summed E-state index contributed by atoms with van der Waals surface area (Å²) in [6.45, 7) is 8.57. The highest BCUT2D eigenvalue weighted by Gasteiger charge is 2.11. The van der Waals surface area contributed by atoms with E-state index >= 15 is 0 Å². The summed E-state index contributed by atoms with van der Waals surface area (Å²) in [7, 11) is 2.07. The summed E-state index contributed by atoms with van der Waals surface area (Å²) < 4.78 is 0. The summed E-state index contributed by atoms with van der Waals surface area (Å²) in [5.74, 6) is 0.769. The Morgan fingerprint density at radius 2 is 2.08 bits per heavy atom. The molecule has 0 fully saturated rings. The van der Waals surface area contributed by atoms with E-state index in [1.54, 1.807) is 0 Å². The van der Waals surface area contributed by atoms with E-state index in [1.165, 1.54) is 11.8 Å². The SMILES string of the molecule is Cc1cc(-c2cccc(CN(C)CCN)c2)nc(NC(C)C)c1C=N. The van der Waals surface area contributed by atoms with Crippen molar-refractivity contribution in [1.29, 1.82) is 5.41 Å². The van der Waals surface area contributed by atoms with Crippen molar-refractivity contribution < 1.29 is 0 Å². The predicted molar refractivity (Wildman–Crippen MR) is 106 cm³/mol. The number of hydrogen-bond donors (Lipinski definition) is 3. The van der Waals surface area contributed by atoms with Crippen LogP contribution in [-0.4, -0.2) is 42.3 Å². The Morgan fingerprint density at radius 3 is 2.72 bits per heavy atom. The van der Waals surface area contributed by atoms with Gasteiger partial charge < -0.3 is 21.4 Å². The molecule has 134 valence electrons. The number of pyridine rings is 1. The maximum atomic E-state index is 7.67. The van der Waals surface area contributed by atoms with Gasteiger partial charge in [-0.1, -0.05) is 18.2 Å². The molecule has 0 unspecified atom stereocenters. The quantitative estimate of drug-likeness (QED) is 0.645. The highest BCUT2D eigenvalue weighted by Crippen LogP contribution is 2.25. The molecule has 0 aliphatic carbocycles. The average molecular weight is 339 g/mol. The first-order valence-corrected chi connectivity index (χ1v) is 8.71. The lowest BCUT2D eigenvalue weighted by molar-refractivity contribution is 0.336. The minimum Gasteiger partial charge on any atom is -0.367 e. The molecule has 25 heavy (non-hydrogen) atoms. The summed E-state index contributed by atoms with van der Waals surface area (Å²) in [5.41, 5.74) is 10.8. The van der Waals surface area contributed by atoms with E-state index < -0.39 is 0 Å². The van der Waals surface area contributed by atoms with Crippen molar-refractivity contribution in [1.82, 2.24) is 9.88 Å². The van der Waals surface area contributed by atoms with E-state index in [0.29, 0.717) is 6.54 Å². The molecule has 0 radical (unpaired) electrons. The zero-order chi connectivity index (χ0) is 18.4. The molecule has 4 N–H and O–H groups in total. The van der Waals surface area contributed by atoms with Gasteiger partial charge in [-0.2, -0.15) is 0 Å². The van der Waals surface area contributed by atoms with Crippen LogP contribution in [0.25, 0.3) is 11.3 Å². The fourth-order valence-corrected chi connectivity index (χ4v) is 2.84. The van der Waals surface area contributed by atoms with Crippen molar-refractivity contribution in [2.45, 2.75) is 33.4 Å². The van der Waals surface area contributed by atoms with E-state index in [0.717, 1.165) is 41.3 Å². The number of nitrogens with two attached hydrogens (primary N) is 1. The molecule has 1 aromatic heterocycles. The predicted octanol–water partition coefficient (Wildman–Crippen LogP) is 3.27. The van der Waals surface area contributed by atoms with Crippen LogP contribution in [0.1, 0.15) is 30.5 Å². The number of aromatic nitrogens is 1. The minimum absolute atomic E-state index is 0.261. The van der Waals surface area contributed by atoms with Crippen molar-refractivity contribution in [3.05, 3.63) is 47.0 Å². The zero-order valence-corrected chi connectivity index (χ0v) is 15.6. The van der Waals surface area contributed by atoms with Crippen molar-refractivity contribution in [3.63, 3.8) is 0 Å². The van der Waals surface area contributed by atoms with Crippen molar-refractivity contribution in [2.24, 2.45) is 5.73 Å². The molecule has 0 saturated heterocycles. The topological polar surface area (TPSA) is 78.0 Å². The number of aryl methyl sites for hydroxylation is 1. The van der Waals surface area contributed by atoms with Crippen LogP contribution < -0.4 is 11.1 Å². The first-order chi connectivity index (χ1) is 11.9. The minimum atomic E-state index is 0.261. The van der Waals surface area contributed by atoms with Gasteiger partial charge in [-0.25, -0.2) is 4.98 Å². The van der Waals surface area contributed by atoms with Crippen LogP contribution in [0.5, 0.6) is 0 Å². The van der Waals surface area contributed by atoms with Crippen LogP contribution in [0, 0.1) is 12.3 Å². The van der Waals surface area contributed by atoms with Gasteiger partial charge in [-0.05, 0) is 51.1 Å². The van der Waals surface area contributed by atoms with Crippen LogP contribution in [0.15, 0.2) is 30.3 Å². The second-order valence-corrected chi connectivity index (χ2v) is 6.76. The van der Waals surface area contributed by atoms with E-state index in [4.69, 9.17) is 16.1 Å². The first-order valence-electron chi connectivity index (χ1n) is 8.71. The maximum absolute atomic E-state index is 7.67. The largest absolute Gasteiger partial charge is 0.367 e. The first kappa shape index (κ1) is 19.1. The standard InChI is InChI=1S/C20H29N5/c1-14(2)23-20-18(12-22)15(3)10-19(24-20)17-7-5-6-16(11-17)13-25(4)9-8-21/h5-7,10-12,14,22H,8-9,13,21H2,1-4H3,(H,23,24). The Hall–Kier alpha value is -2.24. The summed E-state index contributed by atoms with van der Waals surface area (Å²) in [4.78, 5) is 6.99. The number of likely N-dealkylation sites (N-methyl/N-ethyl adjacent to an activating group) is 1. The van der Waals surface area contributed by atoms with Crippen LogP contribution in [0.4, 0.5) is 5.82 Å². The highest BCUT2D eigenvalue weighted by molar-refractivity contribution is 5.87. The molecule has 1 aromatic carbocycles. The van der Waals surface area contributed by atoms with Crippen LogP contribution in [-0.2, 0) is 6.54 Å². The third-order valence-corrected chi connectivity index (χ3v) is 4.02. The van der Waals surface area contributed by atoms with E-state index in [2.05, 4.69) is 61.4 Å². The van der Waals surface area contributed by atoms with Gasteiger partial charge in [0.15, 0.2) is 0 Å². The summed E-state index contributed by atoms with van der Waals surface area (Å²) in [5, 5.41) is 11.0. The summed E-state index contributed by atoms with van der Waals surface area (Å²) in [6, 6.07) is 10.8. The smallest absolute Gasteiger partial charge is 0.135 e. The Kier molecular flexibility index (Phi) is 6.67. The molecule has 5 heteroatoms. The molecule has 2 rings (SSSR count). The Bertz CT molecular complexity index is 724. The number of rotatable bonds is 8. The lowest BCUT2D eigenvalue weighted by atomic mass is 10.0. The van der Waals surface area contributed by atoms with Crippen molar-refractivity contribution in [2.75, 3.05) is 25.5 Å². The number of benzene rings is 1. The normalized spacial score (nSPS) is 11.2. The number of anilines is 1. The van der Waals surface area contributed by atoms with Crippen molar-refractivity contribution >= 4 is 12.0 Å². The number of nitrogens with one attached hydrogen (secondary N) is 2. The second kappa shape index (κ2) is 8.74. The fourth-order valence-electron chi connectivity index (χ4n) is 2.84. The molecule has 0 amide bonds. The molecule has 0 aliphatic rings. The van der Waals surface area contributed by atoms with Crippen LogP contribution in [0.2, 0.25) is 0 Å². The molecular formula is C20H29N5. The van der Waals surface area contributed by atoms with Gasteiger partial charge in [-0.15, -0.1) is 0 Å². The second-order valence-electron chi connectivity index (χ2n) is 6.76. The number of nitrogens with zero attached hydrogens (tertiary/aromatic N) is 2. The van der Waals surface area contributed by atoms with E-state index in [9.17, 15) is 0 Å². The molecule has 5 nitrogen and oxygen atoms in total. The molecule has 0 spiro atoms. The molecular weight excluding hydrogens is 310 g/mol. The number of hydrogen-bond acceptors (Lipinski definition) is 5. The van der Waals surface area contributed by atoms with Gasteiger partial charge in [0.1, 0.15) is 5.82 Å². The monoisotopic (exact) mass is 339 g/mol. The van der Waals surface area contributed by atoms with E-state index in [1.807, 2.05) is 6.92 Å².